The molecule has 0 spiro atoms. The van der Waals surface area contributed by atoms with Crippen LogP contribution in [0.15, 0.2) is 261 Å². The van der Waals surface area contributed by atoms with E-state index in [-0.39, 0.29) is 0 Å². The minimum Gasteiger partial charge on any atom is -0.309 e. The van der Waals surface area contributed by atoms with E-state index in [9.17, 15) is 0 Å². The van der Waals surface area contributed by atoms with Gasteiger partial charge >= 0.3 is 0 Å². The lowest BCUT2D eigenvalue weighted by molar-refractivity contribution is 1.16. The van der Waals surface area contributed by atoms with Gasteiger partial charge in [0.05, 0.1) is 38.8 Å². The van der Waals surface area contributed by atoms with E-state index in [1.807, 2.05) is 0 Å². The number of aromatic nitrogens is 3. The fourth-order valence-corrected chi connectivity index (χ4v) is 11.2. The highest BCUT2D eigenvalue weighted by atomic mass is 15.0. The van der Waals surface area contributed by atoms with Crippen LogP contribution in [0.1, 0.15) is 0 Å². The molecular weight excluding hydrogens is 835 g/mol. The molecule has 0 saturated heterocycles. The minimum absolute atomic E-state index is 1.12. The second-order valence-electron chi connectivity index (χ2n) is 18.1. The second kappa shape index (κ2) is 15.7. The minimum atomic E-state index is 1.12. The van der Waals surface area contributed by atoms with Crippen LogP contribution in [0.25, 0.3) is 127 Å². The van der Waals surface area contributed by atoms with Crippen molar-refractivity contribution in [1.29, 1.82) is 0 Å². The Labute approximate surface area is 399 Å². The zero-order valence-electron chi connectivity index (χ0n) is 37.7. The summed E-state index contributed by atoms with van der Waals surface area (Å²) in [6, 6.07) is 95.4. The van der Waals surface area contributed by atoms with Gasteiger partial charge in [-0.15, -0.1) is 0 Å². The van der Waals surface area contributed by atoms with E-state index in [0.29, 0.717) is 0 Å². The molecule has 0 fully saturated rings. The molecule has 11 aromatic carbocycles. The maximum absolute atomic E-state index is 2.46. The number of nitrogens with zero attached hydrogens (tertiary/aromatic N) is 3. The van der Waals surface area contributed by atoms with Crippen molar-refractivity contribution in [2.45, 2.75) is 0 Å². The molecule has 0 saturated carbocycles. The molecule has 0 unspecified atom stereocenters. The Kier molecular flexibility index (Phi) is 8.90. The van der Waals surface area contributed by atoms with Crippen LogP contribution in [0.3, 0.4) is 0 Å². The number of benzene rings is 11. The van der Waals surface area contributed by atoms with Crippen LogP contribution >= 0.6 is 0 Å². The molecule has 3 aromatic heterocycles. The normalized spacial score (nSPS) is 11.8. The van der Waals surface area contributed by atoms with Crippen molar-refractivity contribution in [1.82, 2.24) is 13.7 Å². The topological polar surface area (TPSA) is 14.8 Å². The average Bonchev–Trinajstić information content (AvgIpc) is 4.07. The first kappa shape index (κ1) is 39.0. The van der Waals surface area contributed by atoms with Gasteiger partial charge in [0.2, 0.25) is 0 Å². The van der Waals surface area contributed by atoms with E-state index < -0.39 is 0 Å². The predicted molar refractivity (Wildman–Crippen MR) is 291 cm³/mol. The van der Waals surface area contributed by atoms with E-state index >= 15 is 0 Å². The fourth-order valence-electron chi connectivity index (χ4n) is 11.2. The lowest BCUT2D eigenvalue weighted by Gasteiger charge is -2.15. The largest absolute Gasteiger partial charge is 0.309 e. The first-order chi connectivity index (χ1) is 34.2. The Morgan fingerprint density at radius 2 is 0.623 bits per heavy atom. The Morgan fingerprint density at radius 1 is 0.203 bits per heavy atom. The summed E-state index contributed by atoms with van der Waals surface area (Å²) in [4.78, 5) is 0. The van der Waals surface area contributed by atoms with Crippen molar-refractivity contribution in [3.8, 4) is 61.6 Å². The molecule has 3 heterocycles. The number of hydrogen-bond acceptors (Lipinski definition) is 0. The number of fused-ring (bicyclic) bond motifs is 9. The Bertz CT molecular complexity index is 4230. The van der Waals surface area contributed by atoms with E-state index in [4.69, 9.17) is 0 Å². The zero-order valence-corrected chi connectivity index (χ0v) is 37.7. The van der Waals surface area contributed by atoms with Crippen LogP contribution in [0, 0.1) is 0 Å². The van der Waals surface area contributed by atoms with Crippen LogP contribution in [0.4, 0.5) is 0 Å². The molecule has 0 aliphatic rings. The molecule has 14 rings (SSSR count). The van der Waals surface area contributed by atoms with Crippen molar-refractivity contribution in [2.75, 3.05) is 0 Å². The Hall–Kier alpha value is -9.18. The molecule has 0 aliphatic carbocycles. The van der Waals surface area contributed by atoms with Crippen LogP contribution < -0.4 is 0 Å². The van der Waals surface area contributed by atoms with Crippen molar-refractivity contribution in [3.63, 3.8) is 0 Å². The summed E-state index contributed by atoms with van der Waals surface area (Å²) < 4.78 is 7.33. The average molecular weight is 878 g/mol. The predicted octanol–water partition coefficient (Wildman–Crippen LogP) is 17.6. The number of hydrogen-bond donors (Lipinski definition) is 0. The van der Waals surface area contributed by atoms with E-state index in [1.165, 1.54) is 116 Å². The summed E-state index contributed by atoms with van der Waals surface area (Å²) >= 11 is 0. The molecule has 14 aromatic rings. The molecule has 0 radical (unpaired) electrons. The van der Waals surface area contributed by atoms with Gasteiger partial charge in [-0.05, 0) is 129 Å². The van der Waals surface area contributed by atoms with E-state index in [0.717, 1.165) is 11.4 Å². The van der Waals surface area contributed by atoms with Gasteiger partial charge in [-0.2, -0.15) is 0 Å². The van der Waals surface area contributed by atoms with Crippen molar-refractivity contribution in [3.05, 3.63) is 261 Å². The second-order valence-corrected chi connectivity index (χ2v) is 18.1. The number of para-hydroxylation sites is 4. The van der Waals surface area contributed by atoms with Crippen molar-refractivity contribution in [2.24, 2.45) is 0 Å². The molecule has 0 amide bonds. The van der Waals surface area contributed by atoms with E-state index in [2.05, 4.69) is 275 Å². The fraction of sp³-hybridized carbons (Fsp3) is 0. The quantitative estimate of drug-likeness (QED) is 0.152. The van der Waals surface area contributed by atoms with Gasteiger partial charge in [0.15, 0.2) is 0 Å². The third-order valence-electron chi connectivity index (χ3n) is 14.2. The first-order valence-corrected chi connectivity index (χ1v) is 23.8. The first-order valence-electron chi connectivity index (χ1n) is 23.8. The smallest absolute Gasteiger partial charge is 0.0562 e. The monoisotopic (exact) mass is 877 g/mol. The lowest BCUT2D eigenvalue weighted by Crippen LogP contribution is -1.97. The summed E-state index contributed by atoms with van der Waals surface area (Å²) in [5.41, 5.74) is 20.2. The summed E-state index contributed by atoms with van der Waals surface area (Å²) in [5, 5.41) is 7.43. The highest BCUT2D eigenvalue weighted by Gasteiger charge is 2.21. The van der Waals surface area contributed by atoms with Gasteiger partial charge in [-0.1, -0.05) is 176 Å². The maximum Gasteiger partial charge on any atom is 0.0562 e. The molecule has 0 bridgehead atoms. The van der Waals surface area contributed by atoms with E-state index in [1.54, 1.807) is 0 Å². The number of rotatable bonds is 7. The van der Waals surface area contributed by atoms with Gasteiger partial charge in [-0.3, -0.25) is 0 Å². The molecule has 69 heavy (non-hydrogen) atoms. The third-order valence-corrected chi connectivity index (χ3v) is 14.2. The molecule has 0 atom stereocenters. The maximum atomic E-state index is 2.46. The summed E-state index contributed by atoms with van der Waals surface area (Å²) in [6.07, 6.45) is 0. The summed E-state index contributed by atoms with van der Waals surface area (Å²) in [6.45, 7) is 0. The van der Waals surface area contributed by atoms with Gasteiger partial charge in [0.25, 0.3) is 0 Å². The molecule has 3 heteroatoms. The van der Waals surface area contributed by atoms with Gasteiger partial charge in [0.1, 0.15) is 0 Å². The van der Waals surface area contributed by atoms with Crippen LogP contribution in [-0.2, 0) is 0 Å². The standard InChI is InChI=1S/C66H43N3/c1-3-18-44(19-4-1)47-40-48(42-49(41-47)53-23-8-7-22-52(53)46-20-5-2-6-21-46)45-34-36-50(37-35-45)67-59-28-13-11-26-56(59)58-43-51(38-39-63(58)67)68-62-31-16-12-27-57(62)66-64(68)32-17-33-65(66)69-60-29-14-9-24-54(60)55-25-10-15-30-61(55)69/h1-43H. The molecule has 3 nitrogen and oxygen atoms in total. The molecule has 0 aliphatic heterocycles. The van der Waals surface area contributed by atoms with Crippen LogP contribution in [-0.4, -0.2) is 13.7 Å². The summed E-state index contributed by atoms with van der Waals surface area (Å²) in [5.74, 6) is 0. The highest BCUT2D eigenvalue weighted by molar-refractivity contribution is 6.17. The van der Waals surface area contributed by atoms with Crippen molar-refractivity contribution < 1.29 is 0 Å². The van der Waals surface area contributed by atoms with Gasteiger partial charge < -0.3 is 13.7 Å². The molecular formula is C66H43N3. The van der Waals surface area contributed by atoms with Crippen LogP contribution in [0.5, 0.6) is 0 Å². The van der Waals surface area contributed by atoms with Crippen molar-refractivity contribution >= 4 is 65.4 Å². The third kappa shape index (κ3) is 6.21. The van der Waals surface area contributed by atoms with Crippen LogP contribution in [0.2, 0.25) is 0 Å². The summed E-state index contributed by atoms with van der Waals surface area (Å²) in [7, 11) is 0. The molecule has 0 N–H and O–H groups in total. The Balaban J connectivity index is 0.905. The Morgan fingerprint density at radius 3 is 1.26 bits per heavy atom. The highest BCUT2D eigenvalue weighted by Crippen LogP contribution is 2.42. The SMILES string of the molecule is c1ccc(-c2cc(-c3ccc(-n4c5ccccc5c5cc(-n6c7ccccc7c7c(-n8c9ccccc9c9ccccc98)cccc76)ccc54)cc3)cc(-c3ccccc3-c3ccccc3)c2)cc1. The lowest BCUT2D eigenvalue weighted by atomic mass is 9.89. The molecule has 322 valence electrons. The van der Waals surface area contributed by atoms with Gasteiger partial charge in [0, 0.05) is 43.7 Å². The van der Waals surface area contributed by atoms with Gasteiger partial charge in [-0.25, -0.2) is 0 Å². The zero-order chi connectivity index (χ0) is 45.4.